The van der Waals surface area contributed by atoms with Gasteiger partial charge < -0.3 is 14.6 Å². The van der Waals surface area contributed by atoms with Gasteiger partial charge in [0.15, 0.2) is 6.61 Å². The molecule has 4 aromatic rings. The van der Waals surface area contributed by atoms with Crippen LogP contribution in [0.5, 0.6) is 0 Å². The Morgan fingerprint density at radius 1 is 0.879 bits per heavy atom. The van der Waals surface area contributed by atoms with Crippen LogP contribution in [0.3, 0.4) is 0 Å². The molecule has 0 fully saturated rings. The van der Waals surface area contributed by atoms with Crippen molar-refractivity contribution in [3.05, 3.63) is 100.0 Å². The number of hydrogen-bond donors (Lipinski definition) is 1. The lowest BCUT2D eigenvalue weighted by Gasteiger charge is -2.16. The average molecular weight is 440 g/mol. The number of pyridine rings is 1. The summed E-state index contributed by atoms with van der Waals surface area (Å²) < 4.78 is 6.64. The summed E-state index contributed by atoms with van der Waals surface area (Å²) in [5.74, 6) is -1.20. The number of amides is 1. The van der Waals surface area contributed by atoms with Crippen LogP contribution in [0.15, 0.2) is 77.6 Å². The van der Waals surface area contributed by atoms with Crippen molar-refractivity contribution in [3.63, 3.8) is 0 Å². The van der Waals surface area contributed by atoms with Gasteiger partial charge in [0.2, 0.25) is 0 Å². The highest BCUT2D eigenvalue weighted by molar-refractivity contribution is 6.07. The molecule has 1 heterocycles. The molecule has 0 saturated carbocycles. The highest BCUT2D eigenvalue weighted by atomic mass is 16.5. The first-order valence-corrected chi connectivity index (χ1v) is 10.6. The van der Waals surface area contributed by atoms with E-state index in [2.05, 4.69) is 5.32 Å². The lowest BCUT2D eigenvalue weighted by atomic mass is 9.97. The number of rotatable bonds is 5. The molecule has 0 saturated heterocycles. The van der Waals surface area contributed by atoms with Crippen molar-refractivity contribution in [1.82, 2.24) is 4.57 Å². The molecule has 166 valence electrons. The number of nitrogens with zero attached hydrogens (tertiary/aromatic N) is 1. The lowest BCUT2D eigenvalue weighted by molar-refractivity contribution is -0.119. The number of benzene rings is 3. The minimum Gasteiger partial charge on any atom is -0.451 e. The number of aromatic nitrogens is 1. The Kier molecular flexibility index (Phi) is 6.09. The van der Waals surface area contributed by atoms with Gasteiger partial charge in [-0.3, -0.25) is 9.59 Å². The molecule has 6 nitrogen and oxygen atoms in total. The third-order valence-corrected chi connectivity index (χ3v) is 5.68. The largest absolute Gasteiger partial charge is 0.451 e. The van der Waals surface area contributed by atoms with Gasteiger partial charge in [0, 0.05) is 23.7 Å². The van der Waals surface area contributed by atoms with E-state index in [4.69, 9.17) is 4.74 Å². The molecule has 0 aliphatic carbocycles. The second-order valence-corrected chi connectivity index (χ2v) is 7.92. The highest BCUT2D eigenvalue weighted by Gasteiger charge is 2.23. The van der Waals surface area contributed by atoms with E-state index in [9.17, 15) is 14.4 Å². The van der Waals surface area contributed by atoms with Gasteiger partial charge in [0.1, 0.15) is 5.69 Å². The molecule has 1 amide bonds. The molecule has 0 unspecified atom stereocenters. The molecule has 0 bridgehead atoms. The maximum atomic E-state index is 13.1. The summed E-state index contributed by atoms with van der Waals surface area (Å²) >= 11 is 0. The second kappa shape index (κ2) is 9.12. The lowest BCUT2D eigenvalue weighted by Crippen LogP contribution is -2.28. The minimum atomic E-state index is -0.741. The Balaban J connectivity index is 1.66. The number of carbonyl (C=O) groups is 2. The molecule has 3 aromatic carbocycles. The molecular formula is C27H24N2O4. The van der Waals surface area contributed by atoms with E-state index in [1.807, 2.05) is 68.4 Å². The fraction of sp³-hybridized carbons (Fsp3) is 0.148. The van der Waals surface area contributed by atoms with Gasteiger partial charge in [-0.15, -0.1) is 0 Å². The minimum absolute atomic E-state index is 0.101. The van der Waals surface area contributed by atoms with Gasteiger partial charge >= 0.3 is 5.97 Å². The Labute approximate surface area is 191 Å². The van der Waals surface area contributed by atoms with Crippen LogP contribution in [0.4, 0.5) is 5.69 Å². The smallest absolute Gasteiger partial charge is 0.356 e. The topological polar surface area (TPSA) is 77.4 Å². The summed E-state index contributed by atoms with van der Waals surface area (Å²) in [6.45, 7) is 3.47. The van der Waals surface area contributed by atoms with Gasteiger partial charge in [0.05, 0.1) is 0 Å². The number of nitrogens with one attached hydrogen (secondary N) is 1. The fourth-order valence-electron chi connectivity index (χ4n) is 3.82. The van der Waals surface area contributed by atoms with E-state index in [1.165, 1.54) is 11.6 Å². The number of carbonyl (C=O) groups excluding carboxylic acids is 2. The van der Waals surface area contributed by atoms with Crippen LogP contribution in [0.2, 0.25) is 0 Å². The van der Waals surface area contributed by atoms with Crippen LogP contribution in [0.1, 0.15) is 21.6 Å². The first kappa shape index (κ1) is 22.0. The summed E-state index contributed by atoms with van der Waals surface area (Å²) in [7, 11) is 1.53. The van der Waals surface area contributed by atoms with Crippen LogP contribution in [-0.2, 0) is 16.6 Å². The van der Waals surface area contributed by atoms with Crippen LogP contribution in [0, 0.1) is 13.8 Å². The van der Waals surface area contributed by atoms with E-state index in [1.54, 1.807) is 18.2 Å². The zero-order valence-electron chi connectivity index (χ0n) is 18.7. The molecule has 33 heavy (non-hydrogen) atoms. The first-order valence-electron chi connectivity index (χ1n) is 10.6. The molecule has 1 aromatic heterocycles. The van der Waals surface area contributed by atoms with Gasteiger partial charge in [0.25, 0.3) is 11.5 Å². The molecular weight excluding hydrogens is 416 g/mol. The van der Waals surface area contributed by atoms with Crippen molar-refractivity contribution >= 4 is 28.3 Å². The van der Waals surface area contributed by atoms with Crippen molar-refractivity contribution in [1.29, 1.82) is 0 Å². The van der Waals surface area contributed by atoms with Crippen LogP contribution in [-0.4, -0.2) is 23.1 Å². The van der Waals surface area contributed by atoms with Crippen LogP contribution >= 0.6 is 0 Å². The van der Waals surface area contributed by atoms with Crippen molar-refractivity contribution in [2.75, 3.05) is 11.9 Å². The molecule has 0 atom stereocenters. The number of fused-ring (bicyclic) bond motifs is 1. The second-order valence-electron chi connectivity index (χ2n) is 7.92. The van der Waals surface area contributed by atoms with Gasteiger partial charge in [-0.2, -0.15) is 0 Å². The molecule has 0 radical (unpaired) electrons. The maximum Gasteiger partial charge on any atom is 0.356 e. The van der Waals surface area contributed by atoms with Crippen molar-refractivity contribution < 1.29 is 14.3 Å². The van der Waals surface area contributed by atoms with E-state index in [0.29, 0.717) is 22.0 Å². The fourth-order valence-corrected chi connectivity index (χ4v) is 3.82. The quantitative estimate of drug-likeness (QED) is 0.460. The standard InChI is InChI=1S/C27H24N2O4/c1-17-13-14-20(15-18(17)2)28-23(30)16-33-27(32)25-24(19-9-5-4-6-10-19)21-11-7-8-12-22(21)26(31)29(25)3/h4-15H,16H2,1-3H3,(H,28,30). The Bertz CT molecular complexity index is 1420. The first-order chi connectivity index (χ1) is 15.9. The van der Waals surface area contributed by atoms with Gasteiger partial charge in [-0.05, 0) is 54.1 Å². The Morgan fingerprint density at radius 2 is 1.55 bits per heavy atom. The zero-order chi connectivity index (χ0) is 23.5. The van der Waals surface area contributed by atoms with Crippen LogP contribution in [0.25, 0.3) is 21.9 Å². The van der Waals surface area contributed by atoms with Crippen molar-refractivity contribution in [2.24, 2.45) is 7.05 Å². The number of esters is 1. The monoisotopic (exact) mass is 440 g/mol. The van der Waals surface area contributed by atoms with Gasteiger partial charge in [-0.25, -0.2) is 4.79 Å². The Hall–Kier alpha value is -4.19. The van der Waals surface area contributed by atoms with E-state index in [0.717, 1.165) is 16.7 Å². The number of hydrogen-bond acceptors (Lipinski definition) is 4. The highest BCUT2D eigenvalue weighted by Crippen LogP contribution is 2.30. The molecule has 0 spiro atoms. The molecule has 6 heteroatoms. The molecule has 0 aliphatic rings. The summed E-state index contributed by atoms with van der Waals surface area (Å²) in [6, 6.07) is 22.1. The van der Waals surface area contributed by atoms with E-state index >= 15 is 0 Å². The number of anilines is 1. The van der Waals surface area contributed by atoms with Gasteiger partial charge in [-0.1, -0.05) is 54.6 Å². The maximum absolute atomic E-state index is 13.1. The summed E-state index contributed by atoms with van der Waals surface area (Å²) in [5, 5.41) is 3.89. The summed E-state index contributed by atoms with van der Waals surface area (Å²) in [4.78, 5) is 38.5. The van der Waals surface area contributed by atoms with Crippen molar-refractivity contribution in [3.8, 4) is 11.1 Å². The Morgan fingerprint density at radius 3 is 2.24 bits per heavy atom. The number of aryl methyl sites for hydroxylation is 2. The van der Waals surface area contributed by atoms with E-state index < -0.39 is 18.5 Å². The zero-order valence-corrected chi connectivity index (χ0v) is 18.7. The average Bonchev–Trinajstić information content (AvgIpc) is 2.82. The molecule has 1 N–H and O–H groups in total. The predicted octanol–water partition coefficient (Wildman–Crippen LogP) is 4.62. The van der Waals surface area contributed by atoms with Crippen LogP contribution < -0.4 is 10.9 Å². The normalized spacial score (nSPS) is 10.8. The third-order valence-electron chi connectivity index (χ3n) is 5.68. The summed E-state index contributed by atoms with van der Waals surface area (Å²) in [5.41, 5.74) is 3.94. The molecule has 4 rings (SSSR count). The van der Waals surface area contributed by atoms with E-state index in [-0.39, 0.29) is 11.3 Å². The SMILES string of the molecule is Cc1ccc(NC(=O)COC(=O)c2c(-c3ccccc3)c3ccccc3c(=O)n2C)cc1C. The summed E-state index contributed by atoms with van der Waals surface area (Å²) in [6.07, 6.45) is 0. The molecule has 0 aliphatic heterocycles. The number of ether oxygens (including phenoxy) is 1. The third kappa shape index (κ3) is 4.41. The predicted molar refractivity (Wildman–Crippen MR) is 129 cm³/mol. The van der Waals surface area contributed by atoms with Crippen molar-refractivity contribution in [2.45, 2.75) is 13.8 Å².